The van der Waals surface area contributed by atoms with Gasteiger partial charge >= 0.3 is 0 Å². The second kappa shape index (κ2) is 10.6. The summed E-state index contributed by atoms with van der Waals surface area (Å²) in [4.78, 5) is 22.7. The molecule has 7 nitrogen and oxygen atoms in total. The maximum atomic E-state index is 12.6. The fraction of sp³-hybridized carbons (Fsp3) is 0.394. The van der Waals surface area contributed by atoms with Crippen LogP contribution in [0.3, 0.4) is 0 Å². The molecule has 0 amide bonds. The van der Waals surface area contributed by atoms with Crippen molar-refractivity contribution in [1.82, 2.24) is 19.9 Å². The molecule has 0 unspecified atom stereocenters. The van der Waals surface area contributed by atoms with E-state index in [9.17, 15) is 4.79 Å². The molecule has 0 atom stereocenters. The highest BCUT2D eigenvalue weighted by molar-refractivity contribution is 5.97. The molecule has 3 aromatic heterocycles. The Labute approximate surface area is 237 Å². The van der Waals surface area contributed by atoms with E-state index in [4.69, 9.17) is 10.7 Å². The van der Waals surface area contributed by atoms with Gasteiger partial charge < -0.3 is 25.5 Å². The van der Waals surface area contributed by atoms with Crippen molar-refractivity contribution in [1.29, 1.82) is 0 Å². The van der Waals surface area contributed by atoms with Gasteiger partial charge in [0.2, 0.25) is 0 Å². The van der Waals surface area contributed by atoms with Gasteiger partial charge in [0.1, 0.15) is 5.82 Å². The van der Waals surface area contributed by atoms with Crippen LogP contribution in [0.2, 0.25) is 0 Å². The second-order valence-corrected chi connectivity index (χ2v) is 12.1. The first kappa shape index (κ1) is 27.7. The van der Waals surface area contributed by atoms with E-state index in [0.29, 0.717) is 12.6 Å². The highest BCUT2D eigenvalue weighted by atomic mass is 16.1. The van der Waals surface area contributed by atoms with E-state index in [1.165, 1.54) is 10.9 Å². The lowest BCUT2D eigenvalue weighted by atomic mass is 9.91. The standard InChI is InChI=1S/C33H42N6O/c1-20(2)39-19-22(4)31-27(24(6)35-18-28-21(3)14-23(5)37-32(28)40)15-26(16-29(31)39)25-8-9-30(36-17-25)38-12-10-33(7,34)11-13-38/h8-9,14-17,19-20,35H,6,10-13,18,34H2,1-5,7H3,(H,37,40). The van der Waals surface area contributed by atoms with Gasteiger partial charge in [-0.3, -0.25) is 4.79 Å². The summed E-state index contributed by atoms with van der Waals surface area (Å²) in [7, 11) is 0. The monoisotopic (exact) mass is 538 g/mol. The summed E-state index contributed by atoms with van der Waals surface area (Å²) in [5, 5.41) is 4.63. The van der Waals surface area contributed by atoms with Crippen LogP contribution in [0.25, 0.3) is 27.7 Å². The third-order valence-electron chi connectivity index (χ3n) is 8.29. The van der Waals surface area contributed by atoms with E-state index in [0.717, 1.165) is 76.5 Å². The number of benzene rings is 1. The van der Waals surface area contributed by atoms with Crippen LogP contribution in [-0.4, -0.2) is 33.2 Å². The number of nitrogens with zero attached hydrogens (tertiary/aromatic N) is 3. The van der Waals surface area contributed by atoms with Crippen molar-refractivity contribution in [2.24, 2.45) is 5.73 Å². The SMILES string of the molecule is C=C(NCc1c(C)cc(C)[nH]c1=O)c1cc(-c2ccc(N3CCC(C)(N)CC3)nc2)cc2c1c(C)cn2C(C)C. The number of hydrogen-bond donors (Lipinski definition) is 3. The first-order valence-electron chi connectivity index (χ1n) is 14.2. The van der Waals surface area contributed by atoms with Crippen molar-refractivity contribution in [2.45, 2.75) is 72.5 Å². The van der Waals surface area contributed by atoms with Crippen molar-refractivity contribution in [3.8, 4) is 11.1 Å². The number of fused-ring (bicyclic) bond motifs is 1. The molecule has 4 aromatic rings. The van der Waals surface area contributed by atoms with Crippen molar-refractivity contribution >= 4 is 22.4 Å². The van der Waals surface area contributed by atoms with Gasteiger partial charge in [-0.15, -0.1) is 0 Å². The maximum absolute atomic E-state index is 12.6. The van der Waals surface area contributed by atoms with Gasteiger partial charge in [-0.1, -0.05) is 6.58 Å². The molecule has 1 aromatic carbocycles. The van der Waals surface area contributed by atoms with Crippen molar-refractivity contribution in [2.75, 3.05) is 18.0 Å². The summed E-state index contributed by atoms with van der Waals surface area (Å²) < 4.78 is 2.32. The van der Waals surface area contributed by atoms with E-state index in [-0.39, 0.29) is 11.1 Å². The number of hydrogen-bond acceptors (Lipinski definition) is 5. The van der Waals surface area contributed by atoms with E-state index in [2.05, 4.69) is 84.5 Å². The molecule has 1 aliphatic heterocycles. The largest absolute Gasteiger partial charge is 0.381 e. The number of nitrogens with two attached hydrogens (primary N) is 1. The summed E-state index contributed by atoms with van der Waals surface area (Å²) in [5.74, 6) is 0.992. The number of H-pyrrole nitrogens is 1. The van der Waals surface area contributed by atoms with Crippen molar-refractivity contribution < 1.29 is 0 Å². The average molecular weight is 539 g/mol. The van der Waals surface area contributed by atoms with Gasteiger partial charge in [0, 0.05) is 82.6 Å². The Kier molecular flexibility index (Phi) is 7.36. The molecule has 0 saturated carbocycles. The molecule has 0 radical (unpaired) electrons. The van der Waals surface area contributed by atoms with Gasteiger partial charge in [-0.2, -0.15) is 0 Å². The summed E-state index contributed by atoms with van der Waals surface area (Å²) in [6, 6.07) is 11.0. The third-order valence-corrected chi connectivity index (χ3v) is 8.29. The molecule has 7 heteroatoms. The molecule has 1 saturated heterocycles. The second-order valence-electron chi connectivity index (χ2n) is 12.1. The molecule has 1 aliphatic rings. The Bertz CT molecular complexity index is 1610. The zero-order chi connectivity index (χ0) is 28.8. The lowest BCUT2D eigenvalue weighted by molar-refractivity contribution is 0.363. The fourth-order valence-electron chi connectivity index (χ4n) is 5.80. The molecule has 4 heterocycles. The average Bonchev–Trinajstić information content (AvgIpc) is 3.24. The number of nitrogens with one attached hydrogen (secondary N) is 2. The van der Waals surface area contributed by atoms with Crippen LogP contribution in [0.4, 0.5) is 5.82 Å². The Morgan fingerprint density at radius 3 is 2.48 bits per heavy atom. The minimum atomic E-state index is -0.0895. The van der Waals surface area contributed by atoms with Crippen LogP contribution in [0.15, 0.2) is 54.1 Å². The molecule has 40 heavy (non-hydrogen) atoms. The predicted molar refractivity (Wildman–Crippen MR) is 167 cm³/mol. The van der Waals surface area contributed by atoms with E-state index >= 15 is 0 Å². The molecule has 1 fully saturated rings. The topological polar surface area (TPSA) is 92.0 Å². The number of aryl methyl sites for hydroxylation is 3. The number of aromatic nitrogens is 3. The summed E-state index contributed by atoms with van der Waals surface area (Å²) >= 11 is 0. The minimum absolute atomic E-state index is 0.0604. The summed E-state index contributed by atoms with van der Waals surface area (Å²) in [6.45, 7) is 19.2. The Morgan fingerprint density at radius 1 is 1.12 bits per heavy atom. The molecule has 210 valence electrons. The molecule has 0 aliphatic carbocycles. The normalized spacial score (nSPS) is 15.2. The lowest BCUT2D eigenvalue weighted by Gasteiger charge is -2.37. The molecular formula is C33H42N6O. The number of rotatable bonds is 7. The molecule has 5 rings (SSSR count). The van der Waals surface area contributed by atoms with Gasteiger partial charge in [0.05, 0.1) is 0 Å². The first-order valence-corrected chi connectivity index (χ1v) is 14.2. The first-order chi connectivity index (χ1) is 18.9. The maximum Gasteiger partial charge on any atom is 0.253 e. The summed E-state index contributed by atoms with van der Waals surface area (Å²) in [5.41, 5.74) is 15.1. The van der Waals surface area contributed by atoms with E-state index in [1.807, 2.05) is 26.1 Å². The highest BCUT2D eigenvalue weighted by Gasteiger charge is 2.26. The summed E-state index contributed by atoms with van der Waals surface area (Å²) in [6.07, 6.45) is 6.11. The Morgan fingerprint density at radius 2 is 1.85 bits per heavy atom. The van der Waals surface area contributed by atoms with E-state index < -0.39 is 0 Å². The Balaban J connectivity index is 1.50. The number of aromatic amines is 1. The number of pyridine rings is 2. The van der Waals surface area contributed by atoms with Crippen LogP contribution < -0.4 is 21.5 Å². The van der Waals surface area contributed by atoms with Gasteiger partial charge in [-0.05, 0) is 101 Å². The molecule has 0 bridgehead atoms. The number of piperidine rings is 1. The third kappa shape index (κ3) is 5.43. The van der Waals surface area contributed by atoms with Gasteiger partial charge in [0.25, 0.3) is 5.56 Å². The van der Waals surface area contributed by atoms with Crippen LogP contribution in [0, 0.1) is 20.8 Å². The van der Waals surface area contributed by atoms with Crippen molar-refractivity contribution in [3.63, 3.8) is 0 Å². The highest BCUT2D eigenvalue weighted by Crippen LogP contribution is 2.35. The van der Waals surface area contributed by atoms with Crippen LogP contribution >= 0.6 is 0 Å². The fourth-order valence-corrected chi connectivity index (χ4v) is 5.80. The van der Waals surface area contributed by atoms with Gasteiger partial charge in [-0.25, -0.2) is 4.98 Å². The van der Waals surface area contributed by atoms with Crippen LogP contribution in [-0.2, 0) is 6.54 Å². The molecule has 0 spiro atoms. The zero-order valence-electron chi connectivity index (χ0n) is 24.7. The molecular weight excluding hydrogens is 496 g/mol. The smallest absolute Gasteiger partial charge is 0.253 e. The zero-order valence-corrected chi connectivity index (χ0v) is 24.7. The minimum Gasteiger partial charge on any atom is -0.381 e. The van der Waals surface area contributed by atoms with Crippen LogP contribution in [0.1, 0.15) is 67.6 Å². The predicted octanol–water partition coefficient (Wildman–Crippen LogP) is 5.98. The van der Waals surface area contributed by atoms with Gasteiger partial charge in [0.15, 0.2) is 0 Å². The quantitative estimate of drug-likeness (QED) is 0.269. The van der Waals surface area contributed by atoms with Crippen molar-refractivity contribution in [3.05, 3.63) is 87.6 Å². The number of anilines is 1. The Hall–Kier alpha value is -3.84. The van der Waals surface area contributed by atoms with Crippen LogP contribution in [0.5, 0.6) is 0 Å². The molecule has 4 N–H and O–H groups in total. The van der Waals surface area contributed by atoms with E-state index in [1.54, 1.807) is 0 Å². The lowest BCUT2D eigenvalue weighted by Crippen LogP contribution is -2.48.